The van der Waals surface area contributed by atoms with E-state index in [1.807, 2.05) is 13.8 Å². The van der Waals surface area contributed by atoms with Gasteiger partial charge in [0, 0.05) is 37.8 Å². The largest absolute Gasteiger partial charge is 0.496 e. The molecule has 8 heteroatoms. The Balaban J connectivity index is 1.45. The Morgan fingerprint density at radius 1 is 1.03 bits per heavy atom. The molecule has 35 heavy (non-hydrogen) atoms. The van der Waals surface area contributed by atoms with E-state index in [2.05, 4.69) is 11.0 Å². The van der Waals surface area contributed by atoms with Crippen LogP contribution in [-0.2, 0) is 29.3 Å². The molecule has 1 heterocycles. The van der Waals surface area contributed by atoms with Crippen LogP contribution in [0.5, 0.6) is 17.2 Å². The predicted molar refractivity (Wildman–Crippen MR) is 137 cm³/mol. The second-order valence-electron chi connectivity index (χ2n) is 9.18. The molecule has 1 aliphatic heterocycles. The topological polar surface area (TPSA) is 68.3 Å². The molecule has 0 aromatic heterocycles. The van der Waals surface area contributed by atoms with Gasteiger partial charge in [0.25, 0.3) is 0 Å². The summed E-state index contributed by atoms with van der Waals surface area (Å²) in [5.41, 5.74) is 4.95. The lowest BCUT2D eigenvalue weighted by molar-refractivity contribution is 0.179. The maximum atomic E-state index is 13.4. The molecule has 2 aliphatic rings. The van der Waals surface area contributed by atoms with Gasteiger partial charge < -0.3 is 14.2 Å². The number of benzene rings is 2. The lowest BCUT2D eigenvalue weighted by atomic mass is 9.92. The molecule has 0 fully saturated rings. The van der Waals surface area contributed by atoms with Crippen LogP contribution in [0.1, 0.15) is 55.0 Å². The number of ether oxygens (including phenoxy) is 3. The van der Waals surface area contributed by atoms with Gasteiger partial charge in [-0.3, -0.25) is 4.90 Å². The van der Waals surface area contributed by atoms with E-state index in [9.17, 15) is 8.42 Å². The van der Waals surface area contributed by atoms with Crippen LogP contribution in [0, 0.1) is 0 Å². The molecule has 1 unspecified atom stereocenters. The van der Waals surface area contributed by atoms with Crippen LogP contribution in [0.25, 0.3) is 0 Å². The van der Waals surface area contributed by atoms with Crippen molar-refractivity contribution in [2.45, 2.75) is 56.9 Å². The Morgan fingerprint density at radius 3 is 2.46 bits per heavy atom. The first-order chi connectivity index (χ1) is 16.9. The van der Waals surface area contributed by atoms with E-state index < -0.39 is 10.0 Å². The van der Waals surface area contributed by atoms with Crippen molar-refractivity contribution in [1.29, 1.82) is 0 Å². The van der Waals surface area contributed by atoms with Crippen LogP contribution < -0.4 is 14.2 Å². The van der Waals surface area contributed by atoms with Crippen LogP contribution in [0.15, 0.2) is 29.2 Å². The number of aryl methyl sites for hydroxylation is 1. The summed E-state index contributed by atoms with van der Waals surface area (Å²) in [5, 5.41) is 0. The summed E-state index contributed by atoms with van der Waals surface area (Å²) in [5.74, 6) is 2.42. The number of methoxy groups -OCH3 is 3. The molecule has 2 aromatic rings. The molecule has 0 saturated heterocycles. The number of nitrogens with zero attached hydrogens (tertiary/aromatic N) is 2. The number of hydrogen-bond acceptors (Lipinski definition) is 6. The molecule has 0 amide bonds. The van der Waals surface area contributed by atoms with E-state index in [-0.39, 0.29) is 0 Å². The number of hydrogen-bond donors (Lipinski definition) is 0. The first-order valence-corrected chi connectivity index (χ1v) is 14.0. The molecule has 0 bridgehead atoms. The average molecular weight is 503 g/mol. The molecule has 192 valence electrons. The highest BCUT2D eigenvalue weighted by Crippen LogP contribution is 2.48. The van der Waals surface area contributed by atoms with Crippen molar-refractivity contribution in [3.05, 3.63) is 46.5 Å². The second kappa shape index (κ2) is 10.8. The fraction of sp³-hybridized carbons (Fsp3) is 0.556. The minimum absolute atomic E-state index is 0.338. The monoisotopic (exact) mass is 502 g/mol. The van der Waals surface area contributed by atoms with Gasteiger partial charge in [-0.15, -0.1) is 0 Å². The van der Waals surface area contributed by atoms with Crippen molar-refractivity contribution >= 4 is 10.0 Å². The van der Waals surface area contributed by atoms with Crippen molar-refractivity contribution < 1.29 is 22.6 Å². The third-order valence-electron chi connectivity index (χ3n) is 7.48. The summed E-state index contributed by atoms with van der Waals surface area (Å²) >= 11 is 0. The van der Waals surface area contributed by atoms with Crippen LogP contribution in [0.2, 0.25) is 0 Å². The fourth-order valence-corrected chi connectivity index (χ4v) is 7.27. The van der Waals surface area contributed by atoms with Gasteiger partial charge in [0.15, 0.2) is 11.5 Å². The standard InChI is InChI=1S/C27H38N2O5S/c1-6-19-17-21(9-12-24(19)32-3)35(30,31)29(7-2)15-8-14-28-16-13-20-18-25(33-4)27(34-5)22-10-11-23(28)26(20)22/h9,12,17-18,23H,6-8,10-11,13-16H2,1-5H3. The quantitative estimate of drug-likeness (QED) is 0.458. The van der Waals surface area contributed by atoms with Crippen molar-refractivity contribution in [3.8, 4) is 17.2 Å². The maximum Gasteiger partial charge on any atom is 0.243 e. The number of rotatable bonds is 11. The molecular weight excluding hydrogens is 464 g/mol. The van der Waals surface area contributed by atoms with Gasteiger partial charge in [-0.1, -0.05) is 13.8 Å². The molecule has 1 aliphatic carbocycles. The lowest BCUT2D eigenvalue weighted by Gasteiger charge is -2.36. The summed E-state index contributed by atoms with van der Waals surface area (Å²) < 4.78 is 45.0. The highest BCUT2D eigenvalue weighted by molar-refractivity contribution is 7.89. The summed E-state index contributed by atoms with van der Waals surface area (Å²) in [4.78, 5) is 2.86. The first kappa shape index (κ1) is 25.8. The van der Waals surface area contributed by atoms with Crippen LogP contribution in [0.4, 0.5) is 0 Å². The third-order valence-corrected chi connectivity index (χ3v) is 9.45. The summed E-state index contributed by atoms with van der Waals surface area (Å²) in [7, 11) is 1.46. The lowest BCUT2D eigenvalue weighted by Crippen LogP contribution is -2.38. The number of sulfonamides is 1. The van der Waals surface area contributed by atoms with Crippen molar-refractivity contribution in [2.75, 3.05) is 47.5 Å². The van der Waals surface area contributed by atoms with E-state index >= 15 is 0 Å². The highest BCUT2D eigenvalue weighted by Gasteiger charge is 2.36. The minimum atomic E-state index is -3.56. The van der Waals surface area contributed by atoms with Crippen molar-refractivity contribution in [1.82, 2.24) is 9.21 Å². The zero-order valence-corrected chi connectivity index (χ0v) is 22.4. The van der Waals surface area contributed by atoms with Crippen molar-refractivity contribution in [2.24, 2.45) is 0 Å². The molecule has 2 aromatic carbocycles. The second-order valence-corrected chi connectivity index (χ2v) is 11.1. The zero-order chi connectivity index (χ0) is 25.2. The van der Waals surface area contributed by atoms with Crippen LogP contribution in [0.3, 0.4) is 0 Å². The molecule has 0 saturated carbocycles. The minimum Gasteiger partial charge on any atom is -0.496 e. The summed E-state index contributed by atoms with van der Waals surface area (Å²) in [6.45, 7) is 6.70. The Bertz CT molecular complexity index is 1160. The maximum absolute atomic E-state index is 13.4. The molecule has 4 rings (SSSR count). The Labute approximate surface area is 210 Å². The molecule has 0 N–H and O–H groups in total. The Hall–Kier alpha value is -2.29. The van der Waals surface area contributed by atoms with Gasteiger partial charge in [-0.25, -0.2) is 8.42 Å². The van der Waals surface area contributed by atoms with E-state index in [0.29, 0.717) is 24.0 Å². The predicted octanol–water partition coefficient (Wildman–Crippen LogP) is 4.22. The normalized spacial score (nSPS) is 17.5. The van der Waals surface area contributed by atoms with E-state index in [4.69, 9.17) is 14.2 Å². The molecular formula is C27H38N2O5S. The highest BCUT2D eigenvalue weighted by atomic mass is 32.2. The van der Waals surface area contributed by atoms with Gasteiger partial charge in [-0.05, 0) is 73.1 Å². The van der Waals surface area contributed by atoms with Crippen LogP contribution >= 0.6 is 0 Å². The van der Waals surface area contributed by atoms with Gasteiger partial charge in [-0.2, -0.15) is 4.31 Å². The van der Waals surface area contributed by atoms with E-state index in [1.54, 1.807) is 43.8 Å². The molecule has 0 spiro atoms. The summed E-state index contributed by atoms with van der Waals surface area (Å²) in [6.07, 6.45) is 4.53. The van der Waals surface area contributed by atoms with Gasteiger partial charge >= 0.3 is 0 Å². The molecule has 7 nitrogen and oxygen atoms in total. The Morgan fingerprint density at radius 2 is 1.80 bits per heavy atom. The molecule has 1 atom stereocenters. The van der Waals surface area contributed by atoms with Gasteiger partial charge in [0.05, 0.1) is 26.2 Å². The van der Waals surface area contributed by atoms with Gasteiger partial charge in [0.1, 0.15) is 5.75 Å². The average Bonchev–Trinajstić information content (AvgIpc) is 3.33. The Kier molecular flexibility index (Phi) is 7.93. The zero-order valence-electron chi connectivity index (χ0n) is 21.6. The third kappa shape index (κ3) is 4.76. The SMILES string of the molecule is CCc1cc(S(=O)(=O)N(CC)CCCN2CCc3cc(OC)c(OC)c4c3C2CC4)ccc1OC. The summed E-state index contributed by atoms with van der Waals surface area (Å²) in [6, 6.07) is 7.66. The van der Waals surface area contributed by atoms with E-state index in [0.717, 1.165) is 68.0 Å². The smallest absolute Gasteiger partial charge is 0.243 e. The first-order valence-electron chi connectivity index (χ1n) is 12.6. The van der Waals surface area contributed by atoms with E-state index in [1.165, 1.54) is 16.7 Å². The van der Waals surface area contributed by atoms with Crippen LogP contribution in [-0.4, -0.2) is 65.1 Å². The van der Waals surface area contributed by atoms with Gasteiger partial charge in [0.2, 0.25) is 10.0 Å². The van der Waals surface area contributed by atoms with Crippen molar-refractivity contribution in [3.63, 3.8) is 0 Å². The fourth-order valence-electron chi connectivity index (χ4n) is 5.73. The molecule has 0 radical (unpaired) electrons.